The second-order valence-corrected chi connectivity index (χ2v) is 7.08. The first-order chi connectivity index (χ1) is 12.5. The van der Waals surface area contributed by atoms with Gasteiger partial charge in [0.05, 0.1) is 11.4 Å². The van der Waals surface area contributed by atoms with Crippen LogP contribution in [0.1, 0.15) is 11.4 Å². The SMILES string of the molecule is Nc1cc(=O)[nH]c(SCc2cccc(CSc3nc(N)cc(=O)[nH]3)n2)n1. The summed E-state index contributed by atoms with van der Waals surface area (Å²) >= 11 is 2.67. The topological polar surface area (TPSA) is 156 Å². The lowest BCUT2D eigenvalue weighted by Gasteiger charge is -2.05. The van der Waals surface area contributed by atoms with Gasteiger partial charge in [-0.1, -0.05) is 29.6 Å². The van der Waals surface area contributed by atoms with Gasteiger partial charge in [0.25, 0.3) is 11.1 Å². The largest absolute Gasteiger partial charge is 0.383 e. The minimum Gasteiger partial charge on any atom is -0.383 e. The zero-order valence-electron chi connectivity index (χ0n) is 13.4. The first-order valence-electron chi connectivity index (χ1n) is 7.42. The van der Waals surface area contributed by atoms with Crippen molar-refractivity contribution in [2.24, 2.45) is 0 Å². The van der Waals surface area contributed by atoms with E-state index in [1.807, 2.05) is 18.2 Å². The second-order valence-electron chi connectivity index (χ2n) is 5.15. The van der Waals surface area contributed by atoms with Crippen LogP contribution in [0.25, 0.3) is 0 Å². The summed E-state index contributed by atoms with van der Waals surface area (Å²) in [4.78, 5) is 40.7. The van der Waals surface area contributed by atoms with E-state index in [9.17, 15) is 9.59 Å². The van der Waals surface area contributed by atoms with Gasteiger partial charge in [0.2, 0.25) is 0 Å². The van der Waals surface area contributed by atoms with Gasteiger partial charge in [-0.2, -0.15) is 0 Å². The van der Waals surface area contributed by atoms with E-state index in [-0.39, 0.29) is 22.8 Å². The number of hydrogen-bond acceptors (Lipinski definition) is 9. The lowest BCUT2D eigenvalue weighted by Crippen LogP contribution is -2.09. The molecule has 0 fully saturated rings. The van der Waals surface area contributed by atoms with Gasteiger partial charge in [-0.25, -0.2) is 9.97 Å². The minimum atomic E-state index is -0.290. The smallest absolute Gasteiger partial charge is 0.253 e. The van der Waals surface area contributed by atoms with Crippen molar-refractivity contribution < 1.29 is 0 Å². The van der Waals surface area contributed by atoms with Crippen molar-refractivity contribution in [1.82, 2.24) is 24.9 Å². The van der Waals surface area contributed by atoms with E-state index in [0.717, 1.165) is 11.4 Å². The van der Waals surface area contributed by atoms with Crippen molar-refractivity contribution in [3.8, 4) is 0 Å². The molecule has 6 N–H and O–H groups in total. The van der Waals surface area contributed by atoms with Crippen LogP contribution in [0, 0.1) is 0 Å². The predicted molar refractivity (Wildman–Crippen MR) is 102 cm³/mol. The number of thioether (sulfide) groups is 2. The summed E-state index contributed by atoms with van der Waals surface area (Å²) in [6.45, 7) is 0. The Morgan fingerprint density at radius 3 is 1.69 bits per heavy atom. The van der Waals surface area contributed by atoms with Crippen LogP contribution in [0.15, 0.2) is 50.2 Å². The standard InChI is InChI=1S/C15H15N7O2S2/c16-10-4-12(23)21-14(19-10)25-6-8-2-1-3-9(18-8)7-26-15-20-11(17)5-13(24)22-15/h1-5H,6-7H2,(H3,16,19,21,23)(H3,17,20,22,24). The molecule has 0 amide bonds. The third-order valence-corrected chi connectivity index (χ3v) is 4.87. The molecule has 11 heteroatoms. The van der Waals surface area contributed by atoms with Gasteiger partial charge in [-0.3, -0.25) is 14.6 Å². The highest BCUT2D eigenvalue weighted by atomic mass is 32.2. The summed E-state index contributed by atoms with van der Waals surface area (Å²) in [5, 5.41) is 0.885. The zero-order valence-corrected chi connectivity index (χ0v) is 15.1. The molecule has 0 atom stereocenters. The highest BCUT2D eigenvalue weighted by Crippen LogP contribution is 2.20. The molecule has 3 heterocycles. The molecule has 0 spiro atoms. The Morgan fingerprint density at radius 2 is 1.27 bits per heavy atom. The summed E-state index contributed by atoms with van der Waals surface area (Å²) in [6, 6.07) is 8.12. The summed E-state index contributed by atoms with van der Waals surface area (Å²) in [7, 11) is 0. The molecule has 0 aliphatic rings. The molecule has 3 aromatic heterocycles. The maximum absolute atomic E-state index is 11.4. The van der Waals surface area contributed by atoms with E-state index in [1.165, 1.54) is 35.7 Å². The van der Waals surface area contributed by atoms with E-state index in [2.05, 4.69) is 24.9 Å². The molecule has 0 aliphatic heterocycles. The predicted octanol–water partition coefficient (Wildman–Crippen LogP) is 0.997. The van der Waals surface area contributed by atoms with Crippen molar-refractivity contribution in [1.29, 1.82) is 0 Å². The molecule has 134 valence electrons. The van der Waals surface area contributed by atoms with Gasteiger partial charge in [0.15, 0.2) is 10.3 Å². The Bertz CT molecular complexity index is 956. The zero-order chi connectivity index (χ0) is 18.5. The quantitative estimate of drug-likeness (QED) is 0.356. The monoisotopic (exact) mass is 389 g/mol. The van der Waals surface area contributed by atoms with Crippen molar-refractivity contribution in [3.63, 3.8) is 0 Å². The van der Waals surface area contributed by atoms with Gasteiger partial charge in [0, 0.05) is 23.6 Å². The number of nitrogens with zero attached hydrogens (tertiary/aromatic N) is 3. The Morgan fingerprint density at radius 1 is 0.808 bits per heavy atom. The van der Waals surface area contributed by atoms with Crippen molar-refractivity contribution >= 4 is 35.2 Å². The molecular weight excluding hydrogens is 374 g/mol. The Balaban J connectivity index is 1.64. The molecule has 0 saturated carbocycles. The molecule has 0 saturated heterocycles. The van der Waals surface area contributed by atoms with E-state index in [1.54, 1.807) is 0 Å². The molecule has 9 nitrogen and oxygen atoms in total. The van der Waals surface area contributed by atoms with Crippen LogP contribution in [-0.4, -0.2) is 24.9 Å². The normalized spacial score (nSPS) is 10.8. The molecule has 0 bridgehead atoms. The average molecular weight is 389 g/mol. The van der Waals surface area contributed by atoms with E-state index < -0.39 is 0 Å². The number of hydrogen-bond donors (Lipinski definition) is 4. The van der Waals surface area contributed by atoms with Crippen LogP contribution < -0.4 is 22.6 Å². The number of nitrogen functional groups attached to an aromatic ring is 2. The number of nitrogens with one attached hydrogen (secondary N) is 2. The average Bonchev–Trinajstić information content (AvgIpc) is 2.57. The lowest BCUT2D eigenvalue weighted by molar-refractivity contribution is 0.940. The fraction of sp³-hybridized carbons (Fsp3) is 0.133. The third-order valence-electron chi connectivity index (χ3n) is 3.06. The molecule has 26 heavy (non-hydrogen) atoms. The van der Waals surface area contributed by atoms with Gasteiger partial charge in [0.1, 0.15) is 11.6 Å². The highest BCUT2D eigenvalue weighted by molar-refractivity contribution is 7.98. The third kappa shape index (κ3) is 5.10. The second kappa shape index (κ2) is 8.06. The Hall–Kier alpha value is -2.79. The van der Waals surface area contributed by atoms with E-state index in [0.29, 0.717) is 21.8 Å². The maximum Gasteiger partial charge on any atom is 0.253 e. The van der Waals surface area contributed by atoms with E-state index in [4.69, 9.17) is 11.5 Å². The van der Waals surface area contributed by atoms with Crippen molar-refractivity contribution in [3.05, 3.63) is 62.4 Å². The number of aromatic nitrogens is 5. The Kier molecular flexibility index (Phi) is 5.58. The van der Waals surface area contributed by atoms with E-state index >= 15 is 0 Å². The molecule has 0 aliphatic carbocycles. The minimum absolute atomic E-state index is 0.179. The fourth-order valence-corrected chi connectivity index (χ4v) is 3.59. The number of nitrogens with two attached hydrogens (primary N) is 2. The van der Waals surface area contributed by atoms with Gasteiger partial charge >= 0.3 is 0 Å². The van der Waals surface area contributed by atoms with Crippen LogP contribution in [-0.2, 0) is 11.5 Å². The molecule has 3 rings (SSSR count). The molecule has 3 aromatic rings. The molecular formula is C15H15N7O2S2. The number of pyridine rings is 1. The molecule has 0 radical (unpaired) electrons. The van der Waals surface area contributed by atoms with Gasteiger partial charge < -0.3 is 21.4 Å². The summed E-state index contributed by atoms with van der Waals surface area (Å²) in [5.41, 5.74) is 12.2. The number of rotatable bonds is 6. The number of H-pyrrole nitrogens is 2. The highest BCUT2D eigenvalue weighted by Gasteiger charge is 2.05. The Labute approximate surface area is 156 Å². The van der Waals surface area contributed by atoms with Crippen LogP contribution in [0.5, 0.6) is 0 Å². The lowest BCUT2D eigenvalue weighted by atomic mass is 10.3. The number of anilines is 2. The maximum atomic E-state index is 11.4. The molecule has 0 unspecified atom stereocenters. The number of aromatic amines is 2. The molecule has 0 aromatic carbocycles. The van der Waals surface area contributed by atoms with Crippen molar-refractivity contribution in [2.45, 2.75) is 21.8 Å². The summed E-state index contributed by atoms with van der Waals surface area (Å²) < 4.78 is 0. The van der Waals surface area contributed by atoms with Gasteiger partial charge in [-0.15, -0.1) is 0 Å². The first-order valence-corrected chi connectivity index (χ1v) is 9.39. The fourth-order valence-electron chi connectivity index (χ4n) is 2.02. The first kappa shape index (κ1) is 18.0. The summed E-state index contributed by atoms with van der Waals surface area (Å²) in [6.07, 6.45) is 0. The van der Waals surface area contributed by atoms with Gasteiger partial charge in [-0.05, 0) is 12.1 Å². The van der Waals surface area contributed by atoms with Crippen molar-refractivity contribution in [2.75, 3.05) is 11.5 Å². The van der Waals surface area contributed by atoms with Crippen LogP contribution in [0.2, 0.25) is 0 Å². The van der Waals surface area contributed by atoms with Crippen LogP contribution in [0.4, 0.5) is 11.6 Å². The van der Waals surface area contributed by atoms with Crippen LogP contribution >= 0.6 is 23.5 Å². The summed E-state index contributed by atoms with van der Waals surface area (Å²) in [5.74, 6) is 1.41. The van der Waals surface area contributed by atoms with Crippen LogP contribution in [0.3, 0.4) is 0 Å².